The molecule has 3 aliphatic rings. The van der Waals surface area contributed by atoms with Crippen LogP contribution in [0.4, 0.5) is 29.3 Å². The van der Waals surface area contributed by atoms with Crippen molar-refractivity contribution in [2.45, 2.75) is 78.4 Å². The predicted molar refractivity (Wildman–Crippen MR) is 191 cm³/mol. The van der Waals surface area contributed by atoms with Gasteiger partial charge in [-0.1, -0.05) is 0 Å². The van der Waals surface area contributed by atoms with E-state index in [1.54, 1.807) is 31.9 Å². The van der Waals surface area contributed by atoms with Gasteiger partial charge in [-0.2, -0.15) is 5.26 Å². The molecule has 0 bridgehead atoms. The number of hydrogen-bond acceptors (Lipinski definition) is 12. The Balaban J connectivity index is 1.20. The third-order valence-corrected chi connectivity index (χ3v) is 10.4. The number of halogens is 2. The number of hydrogen-bond donors (Lipinski definition) is 1. The number of anilines is 2. The number of piperazine rings is 1. The van der Waals surface area contributed by atoms with Crippen LogP contribution >= 0.6 is 11.3 Å². The topological polar surface area (TPSA) is 146 Å². The first-order valence-corrected chi connectivity index (χ1v) is 18.0. The number of carbonyl (C=O) groups excluding carboxylic acids is 2. The quantitative estimate of drug-likeness (QED) is 0.243. The number of carbonyl (C=O) groups is 2. The van der Waals surface area contributed by atoms with E-state index >= 15 is 8.78 Å². The largest absolute Gasteiger partial charge is 0.444 e. The molecule has 6 heterocycles. The van der Waals surface area contributed by atoms with Crippen LogP contribution in [-0.2, 0) is 27.4 Å². The molecule has 2 saturated heterocycles. The Hall–Kier alpha value is -4.72. The van der Waals surface area contributed by atoms with Crippen molar-refractivity contribution in [2.24, 2.45) is 0 Å². The van der Waals surface area contributed by atoms with Crippen molar-refractivity contribution in [2.75, 3.05) is 49.5 Å². The summed E-state index contributed by atoms with van der Waals surface area (Å²) in [6, 6.07) is 2.27. The Morgan fingerprint density at radius 2 is 1.71 bits per heavy atom. The zero-order chi connectivity index (χ0) is 37.1. The van der Waals surface area contributed by atoms with Gasteiger partial charge in [0.2, 0.25) is 5.95 Å². The molecule has 4 aromatic rings. The number of benzene rings is 1. The van der Waals surface area contributed by atoms with Crippen molar-refractivity contribution >= 4 is 55.5 Å². The van der Waals surface area contributed by atoms with Gasteiger partial charge >= 0.3 is 12.2 Å². The molecule has 16 heteroatoms. The van der Waals surface area contributed by atoms with Crippen molar-refractivity contribution in [1.29, 1.82) is 5.26 Å². The number of nitriles is 1. The van der Waals surface area contributed by atoms with Crippen molar-refractivity contribution in [1.82, 2.24) is 24.8 Å². The van der Waals surface area contributed by atoms with E-state index in [4.69, 9.17) is 19.2 Å². The van der Waals surface area contributed by atoms with E-state index in [-0.39, 0.29) is 62.8 Å². The molecule has 1 aromatic carbocycles. The highest BCUT2D eigenvalue weighted by Crippen LogP contribution is 2.46. The average molecular weight is 735 g/mol. The summed E-state index contributed by atoms with van der Waals surface area (Å²) in [5, 5.41) is 13.4. The zero-order valence-electron chi connectivity index (χ0n) is 29.9. The second kappa shape index (κ2) is 13.4. The highest BCUT2D eigenvalue weighted by Gasteiger charge is 2.35. The van der Waals surface area contributed by atoms with Crippen LogP contribution in [0.5, 0.6) is 0 Å². The lowest BCUT2D eigenvalue weighted by molar-refractivity contribution is 0.0112. The summed E-state index contributed by atoms with van der Waals surface area (Å²) in [5.41, 5.74) is -0.0226. The Morgan fingerprint density at radius 1 is 1.00 bits per heavy atom. The molecule has 7 rings (SSSR count). The molecule has 0 aliphatic carbocycles. The summed E-state index contributed by atoms with van der Waals surface area (Å²) in [6.07, 6.45) is 2.34. The maximum Gasteiger partial charge on any atom is 0.412 e. The van der Waals surface area contributed by atoms with Crippen LogP contribution in [0.3, 0.4) is 0 Å². The lowest BCUT2D eigenvalue weighted by atomic mass is 9.94. The molecule has 2 fully saturated rings. The second-order valence-electron chi connectivity index (χ2n) is 15.2. The SMILES string of the molecule is CC(C)(C)OC(=O)Nc1sc2c(F)cnc(-c3c4c(c5cnc(N6CC[C@H](N7CCN(C(=O)OC(C)(C)C)CC7)C6)nc5c3F)COC4)c2c1C#N. The summed E-state index contributed by atoms with van der Waals surface area (Å²) in [7, 11) is 0. The minimum Gasteiger partial charge on any atom is -0.444 e. The number of nitrogens with one attached hydrogen (secondary N) is 1. The lowest BCUT2D eigenvalue weighted by Gasteiger charge is -2.38. The number of fused-ring (bicyclic) bond motifs is 4. The van der Waals surface area contributed by atoms with E-state index in [1.165, 1.54) is 0 Å². The third-order valence-electron chi connectivity index (χ3n) is 9.25. The third kappa shape index (κ3) is 6.80. The number of aromatic nitrogens is 3. The first kappa shape index (κ1) is 35.7. The van der Waals surface area contributed by atoms with Crippen molar-refractivity contribution in [3.05, 3.63) is 40.7 Å². The summed E-state index contributed by atoms with van der Waals surface area (Å²) in [5.74, 6) is -1.03. The van der Waals surface area contributed by atoms with Gasteiger partial charge in [0, 0.05) is 67.8 Å². The van der Waals surface area contributed by atoms with Crippen LogP contribution < -0.4 is 10.2 Å². The van der Waals surface area contributed by atoms with Gasteiger partial charge in [-0.25, -0.2) is 28.3 Å². The molecule has 1 atom stereocenters. The Labute approximate surface area is 303 Å². The van der Waals surface area contributed by atoms with Crippen LogP contribution in [-0.4, -0.2) is 93.5 Å². The van der Waals surface area contributed by atoms with E-state index in [2.05, 4.69) is 26.3 Å². The second-order valence-corrected chi connectivity index (χ2v) is 16.2. The maximum absolute atomic E-state index is 17.0. The van der Waals surface area contributed by atoms with Gasteiger partial charge in [-0.3, -0.25) is 15.2 Å². The molecule has 3 aromatic heterocycles. The molecular formula is C36H40F2N8O5S. The van der Waals surface area contributed by atoms with Crippen molar-refractivity contribution < 1.29 is 32.6 Å². The number of rotatable bonds is 4. The van der Waals surface area contributed by atoms with Crippen molar-refractivity contribution in [3.63, 3.8) is 0 Å². The van der Waals surface area contributed by atoms with Crippen LogP contribution in [0.25, 0.3) is 32.2 Å². The highest BCUT2D eigenvalue weighted by atomic mass is 32.1. The first-order valence-electron chi connectivity index (χ1n) is 17.2. The standard InChI is InChI=1S/C36H40F2N8O5S/c1-35(2,3)50-33(47)43-31-20(13-39)26-29(40-15-24(37)30(26)52-31)25-23-18-49-17-22(23)21-14-41-32(42-28(21)27(25)38)46-8-7-19(16-46)44-9-11-45(12-10-44)34(48)51-36(4,5)6/h14-15,19H,7-12,16-18H2,1-6H3,(H,43,47)/t19-/m0/s1. The van der Waals surface area contributed by atoms with Gasteiger partial charge in [0.25, 0.3) is 0 Å². The van der Waals surface area contributed by atoms with E-state index in [0.29, 0.717) is 61.7 Å². The minimum absolute atomic E-state index is 0.0400. The van der Waals surface area contributed by atoms with Gasteiger partial charge in [0.1, 0.15) is 27.8 Å². The molecule has 1 N–H and O–H groups in total. The smallest absolute Gasteiger partial charge is 0.412 e. The van der Waals surface area contributed by atoms with Gasteiger partial charge in [-0.15, -0.1) is 11.3 Å². The fourth-order valence-electron chi connectivity index (χ4n) is 6.97. The Morgan fingerprint density at radius 3 is 2.40 bits per heavy atom. The normalized spacial score (nSPS) is 18.2. The van der Waals surface area contributed by atoms with Crippen LogP contribution in [0.15, 0.2) is 12.4 Å². The summed E-state index contributed by atoms with van der Waals surface area (Å²) >= 11 is 0.851. The van der Waals surface area contributed by atoms with Crippen molar-refractivity contribution in [3.8, 4) is 17.3 Å². The molecule has 3 aliphatic heterocycles. The summed E-state index contributed by atoms with van der Waals surface area (Å²) in [6.45, 7) is 14.8. The Bertz CT molecular complexity index is 2130. The average Bonchev–Trinajstić information content (AvgIpc) is 3.83. The van der Waals surface area contributed by atoms with Crippen LogP contribution in [0.1, 0.15) is 64.7 Å². The zero-order valence-corrected chi connectivity index (χ0v) is 30.7. The lowest BCUT2D eigenvalue weighted by Crippen LogP contribution is -2.53. The van der Waals surface area contributed by atoms with Gasteiger partial charge in [-0.05, 0) is 59.1 Å². The molecule has 52 heavy (non-hydrogen) atoms. The first-order chi connectivity index (χ1) is 24.6. The van der Waals surface area contributed by atoms with Gasteiger partial charge < -0.3 is 24.0 Å². The molecule has 0 unspecified atom stereocenters. The Kier molecular flexibility index (Phi) is 9.16. The number of thiophene rings is 1. The van der Waals surface area contributed by atoms with Crippen LogP contribution in [0, 0.1) is 23.0 Å². The fourth-order valence-corrected chi connectivity index (χ4v) is 8.01. The summed E-state index contributed by atoms with van der Waals surface area (Å²) in [4.78, 5) is 45.0. The maximum atomic E-state index is 17.0. The van der Waals surface area contributed by atoms with E-state index in [9.17, 15) is 14.9 Å². The van der Waals surface area contributed by atoms with E-state index < -0.39 is 28.9 Å². The number of pyridine rings is 1. The number of nitrogens with zero attached hydrogens (tertiary/aromatic N) is 7. The predicted octanol–water partition coefficient (Wildman–Crippen LogP) is 6.56. The molecule has 13 nitrogen and oxygen atoms in total. The monoisotopic (exact) mass is 734 g/mol. The molecule has 0 saturated carbocycles. The molecule has 274 valence electrons. The van der Waals surface area contributed by atoms with E-state index in [1.807, 2.05) is 25.7 Å². The summed E-state index contributed by atoms with van der Waals surface area (Å²) < 4.78 is 49.0. The number of ether oxygens (including phenoxy) is 3. The van der Waals surface area contributed by atoms with Gasteiger partial charge in [0.15, 0.2) is 11.6 Å². The number of amides is 2. The molecule has 2 amide bonds. The highest BCUT2D eigenvalue weighted by molar-refractivity contribution is 7.23. The molecular weight excluding hydrogens is 695 g/mol. The van der Waals surface area contributed by atoms with Gasteiger partial charge in [0.05, 0.1) is 35.4 Å². The van der Waals surface area contributed by atoms with E-state index in [0.717, 1.165) is 24.0 Å². The molecule has 0 spiro atoms. The van der Waals surface area contributed by atoms with Crippen LogP contribution in [0.2, 0.25) is 0 Å². The minimum atomic E-state index is -0.812. The fraction of sp³-hybridized carbons (Fsp3) is 0.500. The molecule has 0 radical (unpaired) electrons.